The molecule has 1 aromatic rings. The Bertz CT molecular complexity index is 556. The molecular formula is C12H12Cl2N2O. The van der Waals surface area contributed by atoms with Crippen LogP contribution in [-0.2, 0) is 0 Å². The Balaban J connectivity index is 3.14. The van der Waals surface area contributed by atoms with Gasteiger partial charge in [0.15, 0.2) is 0 Å². The quantitative estimate of drug-likeness (QED) is 0.788. The molecular weight excluding hydrogens is 259 g/mol. The van der Waals surface area contributed by atoms with Crippen LogP contribution in [0.1, 0.15) is 13.8 Å². The van der Waals surface area contributed by atoms with E-state index in [2.05, 4.69) is 11.7 Å². The van der Waals surface area contributed by atoms with E-state index in [4.69, 9.17) is 23.2 Å². The first-order valence-electron chi connectivity index (χ1n) is 4.88. The van der Waals surface area contributed by atoms with E-state index in [1.54, 1.807) is 12.2 Å². The van der Waals surface area contributed by atoms with Crippen molar-refractivity contribution in [1.29, 1.82) is 0 Å². The van der Waals surface area contributed by atoms with Gasteiger partial charge in [-0.2, -0.15) is 5.10 Å². The molecule has 0 fully saturated rings. The highest BCUT2D eigenvalue weighted by Crippen LogP contribution is 2.14. The molecule has 0 saturated carbocycles. The lowest BCUT2D eigenvalue weighted by Crippen LogP contribution is -2.18. The zero-order valence-corrected chi connectivity index (χ0v) is 11.1. The molecule has 0 radical (unpaired) electrons. The first-order chi connectivity index (χ1) is 7.97. The minimum atomic E-state index is -0.445. The van der Waals surface area contributed by atoms with Crippen LogP contribution in [0.3, 0.4) is 0 Å². The smallest absolute Gasteiger partial charge is 0.266 e. The van der Waals surface area contributed by atoms with Crippen LogP contribution in [0.2, 0.25) is 10.0 Å². The van der Waals surface area contributed by atoms with Crippen LogP contribution < -0.4 is 5.56 Å². The van der Waals surface area contributed by atoms with Crippen LogP contribution in [0.15, 0.2) is 40.9 Å². The highest BCUT2D eigenvalue weighted by atomic mass is 35.5. The average molecular weight is 271 g/mol. The van der Waals surface area contributed by atoms with Crippen LogP contribution in [0, 0.1) is 0 Å². The van der Waals surface area contributed by atoms with E-state index in [1.165, 1.54) is 12.4 Å². The fraction of sp³-hybridized carbons (Fsp3) is 0.167. The Hall–Kier alpha value is -1.32. The Labute approximate surface area is 110 Å². The lowest BCUT2D eigenvalue weighted by Gasteiger charge is -2.00. The van der Waals surface area contributed by atoms with Crippen molar-refractivity contribution in [3.63, 3.8) is 0 Å². The van der Waals surface area contributed by atoms with Gasteiger partial charge >= 0.3 is 0 Å². The molecule has 1 heterocycles. The fourth-order valence-electron chi connectivity index (χ4n) is 1.01. The second-order valence-corrected chi connectivity index (χ2v) is 4.23. The van der Waals surface area contributed by atoms with Crippen molar-refractivity contribution >= 4 is 29.4 Å². The predicted octanol–water partition coefficient (Wildman–Crippen LogP) is 3.54. The first-order valence-corrected chi connectivity index (χ1v) is 5.64. The fourth-order valence-corrected chi connectivity index (χ4v) is 1.27. The maximum atomic E-state index is 11.6. The molecule has 0 aliphatic heterocycles. The predicted molar refractivity (Wildman–Crippen MR) is 72.4 cm³/mol. The minimum Gasteiger partial charge on any atom is -0.266 e. The lowest BCUT2D eigenvalue weighted by molar-refractivity contribution is 0.852. The van der Waals surface area contributed by atoms with Gasteiger partial charge < -0.3 is 0 Å². The zero-order valence-electron chi connectivity index (χ0n) is 9.58. The van der Waals surface area contributed by atoms with E-state index in [0.717, 1.165) is 15.8 Å². The number of hydrogen-bond donors (Lipinski definition) is 0. The topological polar surface area (TPSA) is 34.9 Å². The van der Waals surface area contributed by atoms with Crippen LogP contribution in [-0.4, -0.2) is 9.78 Å². The third kappa shape index (κ3) is 3.32. The second-order valence-electron chi connectivity index (χ2n) is 3.44. The highest BCUT2D eigenvalue weighted by molar-refractivity contribution is 6.41. The van der Waals surface area contributed by atoms with Gasteiger partial charge in [-0.1, -0.05) is 35.9 Å². The Morgan fingerprint density at radius 1 is 1.41 bits per heavy atom. The van der Waals surface area contributed by atoms with Crippen molar-refractivity contribution in [1.82, 2.24) is 9.78 Å². The van der Waals surface area contributed by atoms with Gasteiger partial charge in [-0.15, -0.1) is 0 Å². The van der Waals surface area contributed by atoms with E-state index in [0.29, 0.717) is 0 Å². The lowest BCUT2D eigenvalue weighted by atomic mass is 10.1. The van der Waals surface area contributed by atoms with Gasteiger partial charge in [0.05, 0.1) is 11.2 Å². The monoisotopic (exact) mass is 270 g/mol. The summed E-state index contributed by atoms with van der Waals surface area (Å²) in [5, 5.41) is 3.96. The highest BCUT2D eigenvalue weighted by Gasteiger charge is 2.04. The Morgan fingerprint density at radius 2 is 2.06 bits per heavy atom. The average Bonchev–Trinajstić information content (AvgIpc) is 2.33. The summed E-state index contributed by atoms with van der Waals surface area (Å²) in [6, 6.07) is 0. The summed E-state index contributed by atoms with van der Waals surface area (Å²) < 4.78 is 1.13. The van der Waals surface area contributed by atoms with Gasteiger partial charge in [0.2, 0.25) is 0 Å². The molecule has 0 spiro atoms. The van der Waals surface area contributed by atoms with Gasteiger partial charge in [-0.05, 0) is 31.1 Å². The van der Waals surface area contributed by atoms with Crippen molar-refractivity contribution in [2.45, 2.75) is 13.8 Å². The Kier molecular flexibility index (Phi) is 4.73. The molecule has 0 N–H and O–H groups in total. The van der Waals surface area contributed by atoms with Gasteiger partial charge in [-0.3, -0.25) is 4.79 Å². The van der Waals surface area contributed by atoms with E-state index in [9.17, 15) is 4.79 Å². The van der Waals surface area contributed by atoms with Crippen molar-refractivity contribution in [3.05, 3.63) is 56.5 Å². The maximum absolute atomic E-state index is 11.6. The van der Waals surface area contributed by atoms with E-state index in [1.807, 2.05) is 13.8 Å². The molecule has 17 heavy (non-hydrogen) atoms. The zero-order chi connectivity index (χ0) is 13.0. The number of nitrogens with zero attached hydrogens (tertiary/aromatic N) is 2. The van der Waals surface area contributed by atoms with Crippen LogP contribution >= 0.6 is 23.2 Å². The number of aromatic nitrogens is 2. The molecule has 1 rings (SSSR count). The summed E-state index contributed by atoms with van der Waals surface area (Å²) in [4.78, 5) is 11.6. The molecule has 5 heteroatoms. The third-order valence-electron chi connectivity index (χ3n) is 2.29. The molecule has 90 valence electrons. The molecule has 0 aliphatic carbocycles. The molecule has 0 bridgehead atoms. The second kappa shape index (κ2) is 5.84. The largest absolute Gasteiger partial charge is 0.291 e. The summed E-state index contributed by atoms with van der Waals surface area (Å²) >= 11 is 11.4. The first kappa shape index (κ1) is 13.7. The van der Waals surface area contributed by atoms with Crippen molar-refractivity contribution in [2.75, 3.05) is 0 Å². The summed E-state index contributed by atoms with van der Waals surface area (Å²) in [7, 11) is 0. The van der Waals surface area contributed by atoms with Crippen molar-refractivity contribution < 1.29 is 0 Å². The maximum Gasteiger partial charge on any atom is 0.291 e. The molecule has 3 nitrogen and oxygen atoms in total. The van der Waals surface area contributed by atoms with Gasteiger partial charge in [0.1, 0.15) is 5.02 Å². The van der Waals surface area contributed by atoms with E-state index >= 15 is 0 Å². The normalized spacial score (nSPS) is 12.7. The van der Waals surface area contributed by atoms with Crippen molar-refractivity contribution in [3.8, 4) is 0 Å². The minimum absolute atomic E-state index is 0.0339. The Morgan fingerprint density at radius 3 is 2.65 bits per heavy atom. The van der Waals surface area contributed by atoms with Crippen molar-refractivity contribution in [2.24, 2.45) is 0 Å². The number of hydrogen-bond acceptors (Lipinski definition) is 2. The number of halogens is 2. The van der Waals surface area contributed by atoms with E-state index in [-0.39, 0.29) is 10.0 Å². The van der Waals surface area contributed by atoms with Gasteiger partial charge in [0, 0.05) is 6.20 Å². The standard InChI is InChI=1S/C12H12Cl2N2O/c1-4-8(2)9(3)5-6-16-12(17)11(14)10(13)7-15-16/h4-7H,1H2,2-3H3/b6-5+,9-8-. The summed E-state index contributed by atoms with van der Waals surface area (Å²) in [5.41, 5.74) is 1.56. The molecule has 0 unspecified atom stereocenters. The third-order valence-corrected chi connectivity index (χ3v) is 3.04. The molecule has 0 amide bonds. The van der Waals surface area contributed by atoms with Crippen LogP contribution in [0.5, 0.6) is 0 Å². The van der Waals surface area contributed by atoms with Gasteiger partial charge in [-0.25, -0.2) is 4.68 Å². The summed E-state index contributed by atoms with van der Waals surface area (Å²) in [6.45, 7) is 7.51. The molecule has 0 saturated heterocycles. The molecule has 0 aliphatic rings. The summed E-state index contributed by atoms with van der Waals surface area (Å²) in [5.74, 6) is 0. The summed E-state index contributed by atoms with van der Waals surface area (Å²) in [6.07, 6.45) is 6.36. The SMILES string of the molecule is C=C/C(C)=C(C)\C=C\n1ncc(Cl)c(Cl)c1=O. The molecule has 0 atom stereocenters. The van der Waals surface area contributed by atoms with Gasteiger partial charge in [0.25, 0.3) is 5.56 Å². The molecule has 0 aromatic carbocycles. The van der Waals surface area contributed by atoms with Crippen LogP contribution in [0.4, 0.5) is 0 Å². The number of allylic oxidation sites excluding steroid dienone is 4. The molecule has 1 aromatic heterocycles. The number of rotatable bonds is 3. The van der Waals surface area contributed by atoms with E-state index < -0.39 is 5.56 Å². The van der Waals surface area contributed by atoms with Crippen LogP contribution in [0.25, 0.3) is 6.20 Å².